The van der Waals surface area contributed by atoms with Gasteiger partial charge in [-0.2, -0.15) is 0 Å². The van der Waals surface area contributed by atoms with Crippen LogP contribution in [0.4, 0.5) is 0 Å². The SMILES string of the molecule is COc1cc(Cl)c(CNC2CCC(CO)CC2)cc1Cl. The van der Waals surface area contributed by atoms with Gasteiger partial charge in [-0.15, -0.1) is 0 Å². The van der Waals surface area contributed by atoms with Gasteiger partial charge in [-0.25, -0.2) is 0 Å². The predicted molar refractivity (Wildman–Crippen MR) is 82.7 cm³/mol. The number of hydrogen-bond acceptors (Lipinski definition) is 3. The zero-order chi connectivity index (χ0) is 14.5. The molecule has 1 aromatic rings. The topological polar surface area (TPSA) is 41.5 Å². The highest BCUT2D eigenvalue weighted by molar-refractivity contribution is 6.34. The molecule has 0 aliphatic heterocycles. The summed E-state index contributed by atoms with van der Waals surface area (Å²) < 4.78 is 5.14. The number of benzene rings is 1. The van der Waals surface area contributed by atoms with Gasteiger partial charge in [0.1, 0.15) is 5.75 Å². The molecule has 0 amide bonds. The maximum Gasteiger partial charge on any atom is 0.138 e. The van der Waals surface area contributed by atoms with Crippen LogP contribution in [0.15, 0.2) is 12.1 Å². The number of methoxy groups -OCH3 is 1. The fourth-order valence-corrected chi connectivity index (χ4v) is 3.15. The molecule has 1 aromatic carbocycles. The molecule has 3 nitrogen and oxygen atoms in total. The Morgan fingerprint density at radius 3 is 2.50 bits per heavy atom. The molecule has 20 heavy (non-hydrogen) atoms. The Labute approximate surface area is 130 Å². The van der Waals surface area contributed by atoms with E-state index in [9.17, 15) is 0 Å². The van der Waals surface area contributed by atoms with Crippen molar-refractivity contribution in [1.82, 2.24) is 5.32 Å². The smallest absolute Gasteiger partial charge is 0.138 e. The van der Waals surface area contributed by atoms with Gasteiger partial charge >= 0.3 is 0 Å². The van der Waals surface area contributed by atoms with Gasteiger partial charge in [0, 0.05) is 30.3 Å². The van der Waals surface area contributed by atoms with Crippen molar-refractivity contribution in [2.24, 2.45) is 5.92 Å². The average molecular weight is 318 g/mol. The minimum Gasteiger partial charge on any atom is -0.495 e. The van der Waals surface area contributed by atoms with E-state index in [1.54, 1.807) is 13.2 Å². The minimum atomic E-state index is 0.312. The van der Waals surface area contributed by atoms with Gasteiger partial charge in [0.2, 0.25) is 0 Å². The number of aliphatic hydroxyl groups excluding tert-OH is 1. The van der Waals surface area contributed by atoms with Crippen LogP contribution in [0.3, 0.4) is 0 Å². The van der Waals surface area contributed by atoms with Crippen molar-refractivity contribution in [1.29, 1.82) is 0 Å². The summed E-state index contributed by atoms with van der Waals surface area (Å²) in [6.07, 6.45) is 4.38. The van der Waals surface area contributed by atoms with Crippen LogP contribution in [0.2, 0.25) is 10.0 Å². The first kappa shape index (κ1) is 15.9. The van der Waals surface area contributed by atoms with Gasteiger partial charge in [0.15, 0.2) is 0 Å². The molecule has 0 radical (unpaired) electrons. The summed E-state index contributed by atoms with van der Waals surface area (Å²) in [7, 11) is 1.58. The van der Waals surface area contributed by atoms with E-state index in [4.69, 9.17) is 33.0 Å². The highest BCUT2D eigenvalue weighted by Gasteiger charge is 2.20. The fraction of sp³-hybridized carbons (Fsp3) is 0.600. The molecule has 0 bridgehead atoms. The summed E-state index contributed by atoms with van der Waals surface area (Å²) in [5, 5.41) is 13.9. The summed E-state index contributed by atoms with van der Waals surface area (Å²) >= 11 is 12.4. The standard InChI is InChI=1S/C15H21Cl2NO2/c1-20-15-7-13(16)11(6-14(15)17)8-18-12-4-2-10(9-19)3-5-12/h6-7,10,12,18-19H,2-5,8-9H2,1H3. The van der Waals surface area contributed by atoms with Crippen LogP contribution in [0.5, 0.6) is 5.75 Å². The molecule has 1 fully saturated rings. The molecule has 5 heteroatoms. The van der Waals surface area contributed by atoms with Crippen LogP contribution < -0.4 is 10.1 Å². The molecule has 0 saturated heterocycles. The Kier molecular flexibility index (Phi) is 5.97. The molecule has 112 valence electrons. The van der Waals surface area contributed by atoms with Crippen molar-refractivity contribution >= 4 is 23.2 Å². The van der Waals surface area contributed by atoms with E-state index >= 15 is 0 Å². The number of ether oxygens (including phenoxy) is 1. The molecule has 1 saturated carbocycles. The van der Waals surface area contributed by atoms with Gasteiger partial charge < -0.3 is 15.2 Å². The van der Waals surface area contributed by atoms with Crippen LogP contribution in [0, 0.1) is 5.92 Å². The highest BCUT2D eigenvalue weighted by Crippen LogP contribution is 2.31. The summed E-state index contributed by atoms with van der Waals surface area (Å²) in [5.74, 6) is 1.08. The zero-order valence-electron chi connectivity index (χ0n) is 11.7. The van der Waals surface area contributed by atoms with Gasteiger partial charge in [0.25, 0.3) is 0 Å². The zero-order valence-corrected chi connectivity index (χ0v) is 13.2. The van der Waals surface area contributed by atoms with Crippen molar-refractivity contribution in [2.45, 2.75) is 38.3 Å². The third-order valence-corrected chi connectivity index (χ3v) is 4.65. The molecule has 0 atom stereocenters. The van der Waals surface area contributed by atoms with Gasteiger partial charge in [-0.3, -0.25) is 0 Å². The summed E-state index contributed by atoms with van der Waals surface area (Å²) in [6, 6.07) is 4.10. The van der Waals surface area contributed by atoms with Crippen LogP contribution in [0.25, 0.3) is 0 Å². The first-order valence-corrected chi connectivity index (χ1v) is 7.75. The van der Waals surface area contributed by atoms with E-state index in [2.05, 4.69) is 5.32 Å². The van der Waals surface area contributed by atoms with E-state index in [-0.39, 0.29) is 0 Å². The Morgan fingerprint density at radius 1 is 1.20 bits per heavy atom. The summed E-state index contributed by atoms with van der Waals surface area (Å²) in [5.41, 5.74) is 0.988. The normalized spacial score (nSPS) is 22.8. The number of aliphatic hydroxyl groups is 1. The molecule has 1 aliphatic rings. The Hall–Kier alpha value is -0.480. The monoisotopic (exact) mass is 317 g/mol. The lowest BCUT2D eigenvalue weighted by Gasteiger charge is -2.28. The van der Waals surface area contributed by atoms with Crippen molar-refractivity contribution < 1.29 is 9.84 Å². The van der Waals surface area contributed by atoms with Crippen LogP contribution in [-0.2, 0) is 6.54 Å². The number of hydrogen-bond donors (Lipinski definition) is 2. The van der Waals surface area contributed by atoms with Crippen molar-refractivity contribution in [3.8, 4) is 5.75 Å². The maximum atomic E-state index is 9.14. The van der Waals surface area contributed by atoms with Gasteiger partial charge in [-0.1, -0.05) is 23.2 Å². The van der Waals surface area contributed by atoms with E-state index in [1.165, 1.54) is 0 Å². The molecule has 1 aliphatic carbocycles. The van der Waals surface area contributed by atoms with Crippen LogP contribution in [-0.4, -0.2) is 24.9 Å². The van der Waals surface area contributed by atoms with E-state index in [0.717, 1.165) is 31.2 Å². The van der Waals surface area contributed by atoms with Crippen molar-refractivity contribution in [2.75, 3.05) is 13.7 Å². The van der Waals surface area contributed by atoms with Crippen molar-refractivity contribution in [3.63, 3.8) is 0 Å². The van der Waals surface area contributed by atoms with Gasteiger partial charge in [0.05, 0.1) is 12.1 Å². The van der Waals surface area contributed by atoms with Gasteiger partial charge in [-0.05, 0) is 43.2 Å². The second-order valence-corrected chi connectivity index (χ2v) is 6.17. The third-order valence-electron chi connectivity index (χ3n) is 4.01. The highest BCUT2D eigenvalue weighted by atomic mass is 35.5. The quantitative estimate of drug-likeness (QED) is 0.871. The van der Waals surface area contributed by atoms with Crippen LogP contribution >= 0.6 is 23.2 Å². The van der Waals surface area contributed by atoms with E-state index in [1.807, 2.05) is 6.07 Å². The molecule has 0 spiro atoms. The Bertz CT molecular complexity index is 446. The summed E-state index contributed by atoms with van der Waals surface area (Å²) in [6.45, 7) is 1.02. The van der Waals surface area contributed by atoms with Crippen molar-refractivity contribution in [3.05, 3.63) is 27.7 Å². The average Bonchev–Trinajstić information content (AvgIpc) is 2.48. The molecular formula is C15H21Cl2NO2. The molecule has 2 rings (SSSR count). The maximum absolute atomic E-state index is 9.14. The number of halogens is 2. The second-order valence-electron chi connectivity index (χ2n) is 5.36. The second kappa shape index (κ2) is 7.51. The first-order chi connectivity index (χ1) is 9.63. The first-order valence-electron chi connectivity index (χ1n) is 7.00. The lowest BCUT2D eigenvalue weighted by molar-refractivity contribution is 0.175. The lowest BCUT2D eigenvalue weighted by atomic mass is 9.86. The summed E-state index contributed by atoms with van der Waals surface area (Å²) in [4.78, 5) is 0. The molecule has 0 heterocycles. The molecular weight excluding hydrogens is 297 g/mol. The third kappa shape index (κ3) is 4.01. The number of nitrogens with one attached hydrogen (secondary N) is 1. The largest absolute Gasteiger partial charge is 0.495 e. The molecule has 2 N–H and O–H groups in total. The van der Waals surface area contributed by atoms with E-state index in [0.29, 0.717) is 40.9 Å². The molecule has 0 unspecified atom stereocenters. The predicted octanol–water partition coefficient (Wildman–Crippen LogP) is 3.64. The number of rotatable bonds is 5. The fourth-order valence-electron chi connectivity index (χ4n) is 2.67. The lowest BCUT2D eigenvalue weighted by Crippen LogP contribution is -2.33. The Morgan fingerprint density at radius 2 is 1.90 bits per heavy atom. The minimum absolute atomic E-state index is 0.312. The molecule has 0 aromatic heterocycles. The Balaban J connectivity index is 1.90. The van der Waals surface area contributed by atoms with Crippen LogP contribution in [0.1, 0.15) is 31.2 Å². The van der Waals surface area contributed by atoms with E-state index < -0.39 is 0 Å².